The quantitative estimate of drug-likeness (QED) is 0.813. The van der Waals surface area contributed by atoms with Gasteiger partial charge in [0.2, 0.25) is 0 Å². The Kier molecular flexibility index (Phi) is 3.54. The highest BCUT2D eigenvalue weighted by Crippen LogP contribution is 2.32. The molecule has 0 aromatic carbocycles. The second kappa shape index (κ2) is 4.52. The van der Waals surface area contributed by atoms with Crippen LogP contribution in [-0.4, -0.2) is 19.5 Å². The third-order valence-electron chi connectivity index (χ3n) is 4.18. The smallest absolute Gasteiger partial charge is 0.196 e. The average Bonchev–Trinajstić information content (AvgIpc) is 2.73. The lowest BCUT2D eigenvalue weighted by molar-refractivity contribution is 0.392. The summed E-state index contributed by atoms with van der Waals surface area (Å²) in [5.74, 6) is 0. The van der Waals surface area contributed by atoms with E-state index < -0.39 is 10.2 Å². The minimum absolute atomic E-state index is 0.235. The van der Waals surface area contributed by atoms with Gasteiger partial charge < -0.3 is 0 Å². The van der Waals surface area contributed by atoms with Crippen LogP contribution in [0.3, 0.4) is 0 Å². The van der Waals surface area contributed by atoms with Gasteiger partial charge >= 0.3 is 0 Å². The highest BCUT2D eigenvalue weighted by Gasteiger charge is 2.37. The topological polar surface area (TPSA) is 58.2 Å². The maximum absolute atomic E-state index is 12.1. The zero-order valence-corrected chi connectivity index (χ0v) is 11.7. The zero-order valence-electron chi connectivity index (χ0n) is 10.9. The molecule has 2 rings (SSSR count). The van der Waals surface area contributed by atoms with E-state index in [0.717, 1.165) is 51.4 Å². The average molecular weight is 260 g/mol. The van der Waals surface area contributed by atoms with E-state index in [1.54, 1.807) is 0 Å². The van der Waals surface area contributed by atoms with Crippen molar-refractivity contribution in [2.24, 2.45) is 0 Å². The fourth-order valence-electron chi connectivity index (χ4n) is 3.19. The molecule has 2 aliphatic carbocycles. The van der Waals surface area contributed by atoms with Gasteiger partial charge in [-0.1, -0.05) is 25.7 Å². The van der Waals surface area contributed by atoms with Crippen LogP contribution in [0.5, 0.6) is 0 Å². The summed E-state index contributed by atoms with van der Waals surface area (Å²) >= 11 is 0. The summed E-state index contributed by atoms with van der Waals surface area (Å²) in [6.45, 7) is 4.02. The van der Waals surface area contributed by atoms with Crippen molar-refractivity contribution in [2.45, 2.75) is 76.3 Å². The molecule has 0 aromatic rings. The predicted molar refractivity (Wildman–Crippen MR) is 68.9 cm³/mol. The molecule has 0 atom stereocenters. The number of hydrogen-bond donors (Lipinski definition) is 2. The van der Waals surface area contributed by atoms with Crippen LogP contribution < -0.4 is 9.44 Å². The SMILES string of the molecule is CC1(NS(=O)(=O)NC2(C)CCCC2)CCCC1. The van der Waals surface area contributed by atoms with Crippen molar-refractivity contribution in [3.63, 3.8) is 0 Å². The molecular weight excluding hydrogens is 236 g/mol. The molecule has 0 aromatic heterocycles. The van der Waals surface area contributed by atoms with Gasteiger partial charge in [0.25, 0.3) is 10.2 Å². The van der Waals surface area contributed by atoms with E-state index >= 15 is 0 Å². The fraction of sp³-hybridized carbons (Fsp3) is 1.00. The van der Waals surface area contributed by atoms with Gasteiger partial charge in [0.15, 0.2) is 0 Å². The van der Waals surface area contributed by atoms with E-state index in [1.807, 2.05) is 13.8 Å². The van der Waals surface area contributed by atoms with Crippen LogP contribution >= 0.6 is 0 Å². The second-order valence-electron chi connectivity index (χ2n) is 6.24. The van der Waals surface area contributed by atoms with Crippen LogP contribution in [0.2, 0.25) is 0 Å². The normalized spacial score (nSPS) is 27.4. The Morgan fingerprint density at radius 2 is 1.06 bits per heavy atom. The lowest BCUT2D eigenvalue weighted by Crippen LogP contribution is -2.54. The number of hydrogen-bond acceptors (Lipinski definition) is 2. The van der Waals surface area contributed by atoms with Crippen LogP contribution in [0.1, 0.15) is 65.2 Å². The second-order valence-corrected chi connectivity index (χ2v) is 7.66. The van der Waals surface area contributed by atoms with Gasteiger partial charge in [0, 0.05) is 11.1 Å². The van der Waals surface area contributed by atoms with Crippen LogP contribution in [0.15, 0.2) is 0 Å². The largest absolute Gasteiger partial charge is 0.277 e. The molecule has 2 aliphatic rings. The molecule has 0 aliphatic heterocycles. The first-order chi connectivity index (χ1) is 7.83. The molecule has 2 saturated carbocycles. The Morgan fingerprint density at radius 1 is 0.765 bits per heavy atom. The lowest BCUT2D eigenvalue weighted by atomic mass is 10.0. The zero-order chi connectivity index (χ0) is 12.6. The molecular formula is C12H24N2O2S. The molecule has 2 N–H and O–H groups in total. The summed E-state index contributed by atoms with van der Waals surface area (Å²) in [7, 11) is -3.37. The Labute approximate surface area is 105 Å². The summed E-state index contributed by atoms with van der Waals surface area (Å²) in [4.78, 5) is 0. The summed E-state index contributed by atoms with van der Waals surface area (Å²) in [6.07, 6.45) is 8.28. The third-order valence-corrected chi connectivity index (χ3v) is 5.70. The Hall–Kier alpha value is -0.130. The van der Waals surface area contributed by atoms with E-state index in [4.69, 9.17) is 0 Å². The van der Waals surface area contributed by atoms with Gasteiger partial charge in [-0.2, -0.15) is 17.9 Å². The highest BCUT2D eigenvalue weighted by atomic mass is 32.2. The van der Waals surface area contributed by atoms with Crippen LogP contribution in [0, 0.1) is 0 Å². The van der Waals surface area contributed by atoms with Crippen molar-refractivity contribution in [3.8, 4) is 0 Å². The summed E-state index contributed by atoms with van der Waals surface area (Å²) < 4.78 is 30.0. The van der Waals surface area contributed by atoms with Gasteiger partial charge in [-0.25, -0.2) is 0 Å². The highest BCUT2D eigenvalue weighted by molar-refractivity contribution is 7.87. The molecule has 0 spiro atoms. The van der Waals surface area contributed by atoms with E-state index in [1.165, 1.54) is 0 Å². The molecule has 17 heavy (non-hydrogen) atoms. The minimum Gasteiger partial charge on any atom is -0.196 e. The predicted octanol–water partition coefficient (Wildman–Crippen LogP) is 2.08. The van der Waals surface area contributed by atoms with Gasteiger partial charge in [-0.15, -0.1) is 0 Å². The van der Waals surface area contributed by atoms with E-state index in [-0.39, 0.29) is 11.1 Å². The Balaban J connectivity index is 1.99. The lowest BCUT2D eigenvalue weighted by Gasteiger charge is -2.30. The summed E-state index contributed by atoms with van der Waals surface area (Å²) in [5.41, 5.74) is -0.471. The van der Waals surface area contributed by atoms with E-state index in [2.05, 4.69) is 9.44 Å². The standard InChI is InChI=1S/C12H24N2O2S/c1-11(7-3-4-8-11)13-17(15,16)14-12(2)9-5-6-10-12/h13-14H,3-10H2,1-2H3. The first-order valence-electron chi connectivity index (χ1n) is 6.66. The van der Waals surface area contributed by atoms with E-state index in [9.17, 15) is 8.42 Å². The molecule has 2 fully saturated rings. The van der Waals surface area contributed by atoms with Gasteiger partial charge in [-0.3, -0.25) is 0 Å². The first-order valence-corrected chi connectivity index (χ1v) is 8.14. The molecule has 100 valence electrons. The molecule has 0 amide bonds. The molecule has 0 radical (unpaired) electrons. The third kappa shape index (κ3) is 3.42. The molecule has 0 saturated heterocycles. The van der Waals surface area contributed by atoms with Gasteiger partial charge in [0.05, 0.1) is 0 Å². The van der Waals surface area contributed by atoms with Crippen LogP contribution in [-0.2, 0) is 10.2 Å². The Morgan fingerprint density at radius 3 is 1.35 bits per heavy atom. The van der Waals surface area contributed by atoms with Crippen LogP contribution in [0.4, 0.5) is 0 Å². The monoisotopic (exact) mass is 260 g/mol. The Bertz CT molecular complexity index is 336. The van der Waals surface area contributed by atoms with Crippen molar-refractivity contribution in [1.29, 1.82) is 0 Å². The van der Waals surface area contributed by atoms with Crippen molar-refractivity contribution in [1.82, 2.24) is 9.44 Å². The molecule has 0 heterocycles. The molecule has 5 heteroatoms. The summed E-state index contributed by atoms with van der Waals surface area (Å²) in [5, 5.41) is 0. The van der Waals surface area contributed by atoms with E-state index in [0.29, 0.717) is 0 Å². The maximum atomic E-state index is 12.1. The maximum Gasteiger partial charge on any atom is 0.277 e. The molecule has 0 bridgehead atoms. The first kappa shape index (κ1) is 13.3. The minimum atomic E-state index is -3.37. The van der Waals surface area contributed by atoms with Crippen LogP contribution in [0.25, 0.3) is 0 Å². The van der Waals surface area contributed by atoms with Crippen molar-refractivity contribution in [2.75, 3.05) is 0 Å². The molecule has 0 unspecified atom stereocenters. The molecule has 4 nitrogen and oxygen atoms in total. The van der Waals surface area contributed by atoms with Gasteiger partial charge in [-0.05, 0) is 39.5 Å². The number of rotatable bonds is 4. The van der Waals surface area contributed by atoms with Crippen molar-refractivity contribution < 1.29 is 8.42 Å². The fourth-order valence-corrected chi connectivity index (χ4v) is 4.95. The van der Waals surface area contributed by atoms with Gasteiger partial charge in [0.1, 0.15) is 0 Å². The summed E-state index contributed by atoms with van der Waals surface area (Å²) in [6, 6.07) is 0. The van der Waals surface area contributed by atoms with Crippen molar-refractivity contribution >= 4 is 10.2 Å². The number of nitrogens with one attached hydrogen (secondary N) is 2. The van der Waals surface area contributed by atoms with Crippen molar-refractivity contribution in [3.05, 3.63) is 0 Å².